The molecule has 13 nitrogen and oxygen atoms in total. The van der Waals surface area contributed by atoms with Crippen LogP contribution in [0.15, 0.2) is 41.0 Å². The van der Waals surface area contributed by atoms with Gasteiger partial charge in [0, 0.05) is 63.7 Å². The third-order valence-corrected chi connectivity index (χ3v) is 10.5. The molecule has 0 spiro atoms. The fourth-order valence-electron chi connectivity index (χ4n) is 6.08. The number of anilines is 6. The number of hydrogen-bond acceptors (Lipinski definition) is 12. The van der Waals surface area contributed by atoms with Gasteiger partial charge >= 0.3 is 0 Å². The Hall–Kier alpha value is -3.53. The minimum atomic E-state index is -3.56. The summed E-state index contributed by atoms with van der Waals surface area (Å²) in [5, 5.41) is 6.59. The molecule has 2 aromatic carbocycles. The molecule has 0 amide bonds. The highest BCUT2D eigenvalue weighted by Gasteiger charge is 2.28. The number of ether oxygens (including phenoxy) is 4. The molecule has 0 unspecified atom stereocenters. The van der Waals surface area contributed by atoms with Gasteiger partial charge in [-0.2, -0.15) is 4.98 Å². The van der Waals surface area contributed by atoms with Gasteiger partial charge in [0.15, 0.2) is 0 Å². The summed E-state index contributed by atoms with van der Waals surface area (Å²) in [5.74, 6) is 2.72. The summed E-state index contributed by atoms with van der Waals surface area (Å²) in [5.41, 5.74) is 2.62. The fraction of sp³-hybridized carbons (Fsp3) is 0.500. The predicted molar refractivity (Wildman–Crippen MR) is 187 cm³/mol. The summed E-state index contributed by atoms with van der Waals surface area (Å²) in [6, 6.07) is 9.84. The highest BCUT2D eigenvalue weighted by molar-refractivity contribution is 9.10. The molecule has 4 aliphatic heterocycles. The van der Waals surface area contributed by atoms with E-state index in [1.165, 1.54) is 11.4 Å². The van der Waals surface area contributed by atoms with Crippen LogP contribution in [-0.4, -0.2) is 102 Å². The standard InChI is InChI=1S/C32H42BrN7O6S/c1-38(47(3,41)42)27-18-23-6-7-25(27)35-31-24(33)21-34-32(37-31)36-26-19-30(46-15-5-4-14-45-23)28(20-29(26)43-2)40-10-8-22(9-11-40)39-12-16-44-17-13-39/h6-7,18-22H,4-5,8-17H2,1-3H3,(H2,34,35,36,37). The lowest BCUT2D eigenvalue weighted by Crippen LogP contribution is -2.49. The van der Waals surface area contributed by atoms with E-state index in [9.17, 15) is 8.42 Å². The van der Waals surface area contributed by atoms with Gasteiger partial charge in [-0.25, -0.2) is 13.4 Å². The Labute approximate surface area is 284 Å². The maximum Gasteiger partial charge on any atom is 0.232 e. The van der Waals surface area contributed by atoms with Crippen LogP contribution in [0.4, 0.5) is 34.5 Å². The number of sulfonamides is 1. The Bertz CT molecular complexity index is 1670. The van der Waals surface area contributed by atoms with Crippen molar-refractivity contribution in [3.8, 4) is 17.2 Å². The first-order valence-electron chi connectivity index (χ1n) is 15.9. The molecule has 2 N–H and O–H groups in total. The third kappa shape index (κ3) is 7.96. The average Bonchev–Trinajstić information content (AvgIpc) is 3.07. The fourth-order valence-corrected chi connectivity index (χ4v) is 6.88. The molecule has 254 valence electrons. The van der Waals surface area contributed by atoms with Gasteiger partial charge in [-0.05, 0) is 53.7 Å². The molecule has 4 aliphatic rings. The minimum Gasteiger partial charge on any atom is -0.494 e. The highest BCUT2D eigenvalue weighted by Crippen LogP contribution is 2.42. The SMILES string of the molecule is COc1cc(N2CCC(N3CCOCC3)CC2)c2cc1Nc1ncc(Br)c(n1)Nc1ccc(cc1N(C)S(C)(=O)=O)OCCCCO2. The number of halogens is 1. The minimum absolute atomic E-state index is 0.318. The second kappa shape index (κ2) is 14.7. The van der Waals surface area contributed by atoms with E-state index in [2.05, 4.69) is 41.3 Å². The molecule has 0 saturated carbocycles. The Morgan fingerprint density at radius 3 is 2.45 bits per heavy atom. The van der Waals surface area contributed by atoms with Crippen molar-refractivity contribution in [1.29, 1.82) is 0 Å². The average molecular weight is 733 g/mol. The number of fused-ring (bicyclic) bond motifs is 7. The second-order valence-corrected chi connectivity index (χ2v) is 14.7. The van der Waals surface area contributed by atoms with Crippen molar-refractivity contribution in [1.82, 2.24) is 14.9 Å². The van der Waals surface area contributed by atoms with E-state index < -0.39 is 10.0 Å². The van der Waals surface area contributed by atoms with Crippen LogP contribution in [0.2, 0.25) is 0 Å². The van der Waals surface area contributed by atoms with Crippen molar-refractivity contribution in [2.24, 2.45) is 0 Å². The number of piperidine rings is 1. The largest absolute Gasteiger partial charge is 0.494 e. The van der Waals surface area contributed by atoms with E-state index >= 15 is 0 Å². The molecule has 6 bridgehead atoms. The van der Waals surface area contributed by atoms with Crippen LogP contribution in [-0.2, 0) is 14.8 Å². The van der Waals surface area contributed by atoms with Crippen LogP contribution in [0.5, 0.6) is 17.2 Å². The van der Waals surface area contributed by atoms with E-state index in [4.69, 9.17) is 23.9 Å². The predicted octanol–water partition coefficient (Wildman–Crippen LogP) is 4.98. The van der Waals surface area contributed by atoms with E-state index in [0.717, 1.165) is 82.8 Å². The van der Waals surface area contributed by atoms with Crippen molar-refractivity contribution in [3.63, 3.8) is 0 Å². The lowest BCUT2D eigenvalue weighted by Gasteiger charge is -2.41. The maximum atomic E-state index is 12.5. The number of rotatable bonds is 5. The third-order valence-electron chi connectivity index (χ3n) is 8.76. The molecule has 47 heavy (non-hydrogen) atoms. The van der Waals surface area contributed by atoms with Crippen molar-refractivity contribution in [2.75, 3.05) is 92.9 Å². The summed E-state index contributed by atoms with van der Waals surface area (Å²) < 4.78 is 50.8. The zero-order valence-electron chi connectivity index (χ0n) is 27.0. The topological polar surface area (TPSA) is 131 Å². The van der Waals surface area contributed by atoms with Gasteiger partial charge in [-0.15, -0.1) is 0 Å². The molecule has 7 rings (SSSR count). The molecular weight excluding hydrogens is 690 g/mol. The quantitative estimate of drug-likeness (QED) is 0.367. The molecule has 0 atom stereocenters. The van der Waals surface area contributed by atoms with Gasteiger partial charge < -0.3 is 34.5 Å². The summed E-state index contributed by atoms with van der Waals surface area (Å²) >= 11 is 3.53. The highest BCUT2D eigenvalue weighted by atomic mass is 79.9. The van der Waals surface area contributed by atoms with E-state index in [-0.39, 0.29) is 0 Å². The number of morpholine rings is 1. The molecule has 0 radical (unpaired) electrons. The molecule has 2 fully saturated rings. The van der Waals surface area contributed by atoms with E-state index in [0.29, 0.717) is 64.1 Å². The smallest absolute Gasteiger partial charge is 0.232 e. The first-order chi connectivity index (χ1) is 22.7. The summed E-state index contributed by atoms with van der Waals surface area (Å²) in [6.07, 6.45) is 6.45. The van der Waals surface area contributed by atoms with Gasteiger partial charge in [0.05, 0.1) is 67.0 Å². The van der Waals surface area contributed by atoms with Gasteiger partial charge in [0.1, 0.15) is 23.1 Å². The van der Waals surface area contributed by atoms with Crippen molar-refractivity contribution >= 4 is 60.5 Å². The van der Waals surface area contributed by atoms with Gasteiger partial charge in [-0.1, -0.05) is 0 Å². The summed E-state index contributed by atoms with van der Waals surface area (Å²) in [6.45, 7) is 6.40. The maximum absolute atomic E-state index is 12.5. The van der Waals surface area contributed by atoms with Crippen molar-refractivity contribution in [3.05, 3.63) is 41.0 Å². The summed E-state index contributed by atoms with van der Waals surface area (Å²) in [4.78, 5) is 14.1. The molecule has 2 saturated heterocycles. The number of methoxy groups -OCH3 is 1. The number of hydrogen-bond donors (Lipinski definition) is 2. The van der Waals surface area contributed by atoms with Crippen LogP contribution in [0.1, 0.15) is 25.7 Å². The van der Waals surface area contributed by atoms with Crippen LogP contribution >= 0.6 is 15.9 Å². The Morgan fingerprint density at radius 2 is 1.72 bits per heavy atom. The normalized spacial score (nSPS) is 18.2. The molecule has 15 heteroatoms. The van der Waals surface area contributed by atoms with Crippen LogP contribution in [0.3, 0.4) is 0 Å². The van der Waals surface area contributed by atoms with Crippen LogP contribution < -0.4 is 34.0 Å². The van der Waals surface area contributed by atoms with E-state index in [1.807, 2.05) is 12.1 Å². The molecular formula is C32H42BrN7O6S. The summed E-state index contributed by atoms with van der Waals surface area (Å²) in [7, 11) is -0.406. The van der Waals surface area contributed by atoms with Crippen molar-refractivity contribution in [2.45, 2.75) is 31.7 Å². The Morgan fingerprint density at radius 1 is 0.979 bits per heavy atom. The van der Waals surface area contributed by atoms with Crippen molar-refractivity contribution < 1.29 is 27.4 Å². The lowest BCUT2D eigenvalue weighted by molar-refractivity contribution is 0.0115. The zero-order valence-corrected chi connectivity index (χ0v) is 29.4. The molecule has 1 aromatic heterocycles. The number of nitrogens with one attached hydrogen (secondary N) is 2. The monoisotopic (exact) mass is 731 g/mol. The number of aromatic nitrogens is 2. The Balaban J connectivity index is 1.31. The molecule has 5 heterocycles. The van der Waals surface area contributed by atoms with Crippen LogP contribution in [0.25, 0.3) is 0 Å². The second-order valence-electron chi connectivity index (χ2n) is 11.8. The lowest BCUT2D eigenvalue weighted by atomic mass is 10.0. The van der Waals surface area contributed by atoms with Gasteiger partial charge in [-0.3, -0.25) is 9.21 Å². The van der Waals surface area contributed by atoms with Gasteiger partial charge in [0.2, 0.25) is 16.0 Å². The molecule has 0 aliphatic carbocycles. The molecule has 3 aromatic rings. The van der Waals surface area contributed by atoms with Crippen LogP contribution in [0, 0.1) is 0 Å². The first kappa shape index (κ1) is 33.4. The zero-order chi connectivity index (χ0) is 33.0. The van der Waals surface area contributed by atoms with Gasteiger partial charge in [0.25, 0.3) is 0 Å². The number of benzene rings is 2. The first-order valence-corrected chi connectivity index (χ1v) is 18.5. The Kier molecular flexibility index (Phi) is 10.4. The van der Waals surface area contributed by atoms with E-state index in [1.54, 1.807) is 31.5 Å². The number of nitrogens with zero attached hydrogens (tertiary/aromatic N) is 5.